The summed E-state index contributed by atoms with van der Waals surface area (Å²) in [4.78, 5) is 12.5. The first-order valence-electron chi connectivity index (χ1n) is 7.35. The van der Waals surface area contributed by atoms with Gasteiger partial charge < -0.3 is 14.8 Å². The largest absolute Gasteiger partial charge is 0.493 e. The molecule has 2 aromatic carbocycles. The van der Waals surface area contributed by atoms with Crippen LogP contribution in [0.15, 0.2) is 34.8 Å². The number of amides is 1. The standard InChI is InChI=1S/C18H20BrNO3/c1-5-23-17-14(19)9-13(10-16(17)22-4)18(21)20-15-8-6-7-11(2)12(15)3/h6-10H,5H2,1-4H3,(H,20,21). The summed E-state index contributed by atoms with van der Waals surface area (Å²) in [5.41, 5.74) is 3.49. The highest BCUT2D eigenvalue weighted by molar-refractivity contribution is 9.10. The van der Waals surface area contributed by atoms with Crippen LogP contribution in [0.3, 0.4) is 0 Å². The van der Waals surface area contributed by atoms with Gasteiger partial charge >= 0.3 is 0 Å². The van der Waals surface area contributed by atoms with Gasteiger partial charge in [0, 0.05) is 11.3 Å². The second kappa shape index (κ2) is 7.51. The molecule has 0 aliphatic rings. The van der Waals surface area contributed by atoms with Crippen LogP contribution in [0.25, 0.3) is 0 Å². The van der Waals surface area contributed by atoms with Crippen molar-refractivity contribution in [2.45, 2.75) is 20.8 Å². The molecule has 23 heavy (non-hydrogen) atoms. The lowest BCUT2D eigenvalue weighted by Gasteiger charge is -2.14. The minimum Gasteiger partial charge on any atom is -0.493 e. The number of methoxy groups -OCH3 is 1. The Kier molecular flexibility index (Phi) is 5.66. The third-order valence-corrected chi connectivity index (χ3v) is 4.22. The monoisotopic (exact) mass is 377 g/mol. The highest BCUT2D eigenvalue weighted by Gasteiger charge is 2.16. The molecule has 4 nitrogen and oxygen atoms in total. The first kappa shape index (κ1) is 17.3. The Morgan fingerprint density at radius 2 is 2.00 bits per heavy atom. The van der Waals surface area contributed by atoms with Crippen LogP contribution in [0.4, 0.5) is 5.69 Å². The molecule has 0 atom stereocenters. The predicted molar refractivity (Wildman–Crippen MR) is 95.7 cm³/mol. The van der Waals surface area contributed by atoms with E-state index in [4.69, 9.17) is 9.47 Å². The van der Waals surface area contributed by atoms with Crippen LogP contribution in [-0.4, -0.2) is 19.6 Å². The van der Waals surface area contributed by atoms with Gasteiger partial charge in [0.2, 0.25) is 0 Å². The van der Waals surface area contributed by atoms with Gasteiger partial charge in [0.05, 0.1) is 18.2 Å². The van der Waals surface area contributed by atoms with Crippen LogP contribution in [0.5, 0.6) is 11.5 Å². The molecule has 2 aromatic rings. The van der Waals surface area contributed by atoms with E-state index in [1.807, 2.05) is 39.0 Å². The number of carbonyl (C=O) groups is 1. The molecule has 1 amide bonds. The van der Waals surface area contributed by atoms with Crippen molar-refractivity contribution in [3.8, 4) is 11.5 Å². The van der Waals surface area contributed by atoms with Gasteiger partial charge in [-0.15, -0.1) is 0 Å². The topological polar surface area (TPSA) is 47.6 Å². The molecule has 1 N–H and O–H groups in total. The first-order chi connectivity index (χ1) is 11.0. The summed E-state index contributed by atoms with van der Waals surface area (Å²) in [5, 5.41) is 2.94. The third kappa shape index (κ3) is 3.85. The fourth-order valence-electron chi connectivity index (χ4n) is 2.22. The Morgan fingerprint density at radius 3 is 2.65 bits per heavy atom. The summed E-state index contributed by atoms with van der Waals surface area (Å²) >= 11 is 3.43. The molecule has 122 valence electrons. The lowest BCUT2D eigenvalue weighted by atomic mass is 10.1. The third-order valence-electron chi connectivity index (χ3n) is 3.63. The lowest BCUT2D eigenvalue weighted by Crippen LogP contribution is -2.13. The number of hydrogen-bond donors (Lipinski definition) is 1. The molecule has 0 aromatic heterocycles. The fourth-order valence-corrected chi connectivity index (χ4v) is 2.77. The Hall–Kier alpha value is -2.01. The lowest BCUT2D eigenvalue weighted by molar-refractivity contribution is 0.102. The van der Waals surface area contributed by atoms with Gasteiger partial charge in [-0.3, -0.25) is 4.79 Å². The average Bonchev–Trinajstić information content (AvgIpc) is 2.53. The number of hydrogen-bond acceptors (Lipinski definition) is 3. The molecule has 0 aliphatic heterocycles. The van der Waals surface area contributed by atoms with E-state index in [-0.39, 0.29) is 5.91 Å². The molecule has 0 heterocycles. The zero-order chi connectivity index (χ0) is 17.0. The van der Waals surface area contributed by atoms with Crippen molar-refractivity contribution in [1.29, 1.82) is 0 Å². The van der Waals surface area contributed by atoms with Gasteiger partial charge in [0.1, 0.15) is 0 Å². The SMILES string of the molecule is CCOc1c(Br)cc(C(=O)Nc2cccc(C)c2C)cc1OC. The van der Waals surface area contributed by atoms with E-state index in [0.717, 1.165) is 16.8 Å². The van der Waals surface area contributed by atoms with Crippen LogP contribution in [0.1, 0.15) is 28.4 Å². The van der Waals surface area contributed by atoms with E-state index >= 15 is 0 Å². The maximum absolute atomic E-state index is 12.5. The normalized spacial score (nSPS) is 10.3. The Bertz CT molecular complexity index is 728. The number of ether oxygens (including phenoxy) is 2. The van der Waals surface area contributed by atoms with Crippen LogP contribution in [0.2, 0.25) is 0 Å². The van der Waals surface area contributed by atoms with Crippen LogP contribution >= 0.6 is 15.9 Å². The minimum absolute atomic E-state index is 0.194. The Labute approximate surface area is 144 Å². The molecular formula is C18H20BrNO3. The summed E-state index contributed by atoms with van der Waals surface area (Å²) in [6.45, 7) is 6.41. The molecule has 0 bridgehead atoms. The van der Waals surface area contributed by atoms with Crippen molar-refractivity contribution in [1.82, 2.24) is 0 Å². The maximum Gasteiger partial charge on any atom is 0.255 e. The number of nitrogens with one attached hydrogen (secondary N) is 1. The first-order valence-corrected chi connectivity index (χ1v) is 8.15. The summed E-state index contributed by atoms with van der Waals surface area (Å²) in [6, 6.07) is 9.24. The van der Waals surface area contributed by atoms with Gasteiger partial charge in [-0.2, -0.15) is 0 Å². The van der Waals surface area contributed by atoms with E-state index in [0.29, 0.717) is 28.1 Å². The molecule has 0 saturated heterocycles. The van der Waals surface area contributed by atoms with Crippen LogP contribution < -0.4 is 14.8 Å². The van der Waals surface area contributed by atoms with Gasteiger partial charge in [-0.05, 0) is 66.0 Å². The fraction of sp³-hybridized carbons (Fsp3) is 0.278. The number of anilines is 1. The van der Waals surface area contributed by atoms with E-state index in [1.165, 1.54) is 0 Å². The smallest absolute Gasteiger partial charge is 0.255 e. The van der Waals surface area contributed by atoms with Gasteiger partial charge in [0.25, 0.3) is 5.91 Å². The number of aryl methyl sites for hydroxylation is 1. The highest BCUT2D eigenvalue weighted by atomic mass is 79.9. The van der Waals surface area contributed by atoms with Crippen LogP contribution in [-0.2, 0) is 0 Å². The number of benzene rings is 2. The second-order valence-electron chi connectivity index (χ2n) is 5.12. The molecule has 0 radical (unpaired) electrons. The molecule has 0 unspecified atom stereocenters. The molecule has 0 fully saturated rings. The summed E-state index contributed by atoms with van der Waals surface area (Å²) < 4.78 is 11.6. The maximum atomic E-state index is 12.5. The number of halogens is 1. The quantitative estimate of drug-likeness (QED) is 0.819. The van der Waals surface area contributed by atoms with Gasteiger partial charge in [-0.25, -0.2) is 0 Å². The molecule has 2 rings (SSSR count). The Morgan fingerprint density at radius 1 is 1.26 bits per heavy atom. The average molecular weight is 378 g/mol. The molecule has 0 saturated carbocycles. The van der Waals surface area contributed by atoms with Crippen molar-refractivity contribution in [3.05, 3.63) is 51.5 Å². The molecule has 0 spiro atoms. The van der Waals surface area contributed by atoms with E-state index < -0.39 is 0 Å². The zero-order valence-electron chi connectivity index (χ0n) is 13.7. The summed E-state index contributed by atoms with van der Waals surface area (Å²) in [6.07, 6.45) is 0. The summed E-state index contributed by atoms with van der Waals surface area (Å²) in [7, 11) is 1.55. The van der Waals surface area contributed by atoms with E-state index in [2.05, 4.69) is 21.2 Å². The number of rotatable bonds is 5. The van der Waals surface area contributed by atoms with Crippen molar-refractivity contribution in [2.75, 3.05) is 19.0 Å². The minimum atomic E-state index is -0.194. The highest BCUT2D eigenvalue weighted by Crippen LogP contribution is 2.36. The Balaban J connectivity index is 2.32. The predicted octanol–water partition coefficient (Wildman–Crippen LogP) is 4.73. The van der Waals surface area contributed by atoms with Crippen molar-refractivity contribution in [2.24, 2.45) is 0 Å². The number of carbonyl (C=O) groups excluding carboxylic acids is 1. The van der Waals surface area contributed by atoms with Crippen molar-refractivity contribution in [3.63, 3.8) is 0 Å². The van der Waals surface area contributed by atoms with Crippen molar-refractivity contribution < 1.29 is 14.3 Å². The van der Waals surface area contributed by atoms with Gasteiger partial charge in [0.15, 0.2) is 11.5 Å². The molecule has 5 heteroatoms. The second-order valence-corrected chi connectivity index (χ2v) is 5.98. The van der Waals surface area contributed by atoms with E-state index in [9.17, 15) is 4.79 Å². The van der Waals surface area contributed by atoms with E-state index in [1.54, 1.807) is 19.2 Å². The zero-order valence-corrected chi connectivity index (χ0v) is 15.3. The van der Waals surface area contributed by atoms with Gasteiger partial charge in [-0.1, -0.05) is 12.1 Å². The van der Waals surface area contributed by atoms with Crippen molar-refractivity contribution >= 4 is 27.5 Å². The van der Waals surface area contributed by atoms with Crippen LogP contribution in [0, 0.1) is 13.8 Å². The molecular weight excluding hydrogens is 358 g/mol. The molecule has 0 aliphatic carbocycles. The summed E-state index contributed by atoms with van der Waals surface area (Å²) in [5.74, 6) is 0.923.